The molecule has 0 spiro atoms. The molecule has 7 nitrogen and oxygen atoms in total. The van der Waals surface area contributed by atoms with Gasteiger partial charge in [-0.15, -0.1) is 0 Å². The molecular weight excluding hydrogens is 545 g/mol. The van der Waals surface area contributed by atoms with Crippen LogP contribution in [0.3, 0.4) is 0 Å². The van der Waals surface area contributed by atoms with Gasteiger partial charge < -0.3 is 15.0 Å². The van der Waals surface area contributed by atoms with Crippen LogP contribution in [0, 0.1) is 0 Å². The fraction of sp³-hybridized carbons (Fsp3) is 0.219. The molecule has 0 saturated carbocycles. The standard InChI is InChI=1S/C32H31F3N4O3/c1-31(2,3)42-30(41)38-28-14-10-25(11-15-28)24-8-6-22(7-9-24)20-39(21-23-5-4-18-36-19-23)29(40)37-27-16-12-26(13-17-27)32(33,34)35/h4-19H,20-21H2,1-3H3,(H,37,40)(H,38,41). The number of aromatic nitrogens is 1. The van der Waals surface area contributed by atoms with Gasteiger partial charge in [0.15, 0.2) is 0 Å². The van der Waals surface area contributed by atoms with Gasteiger partial charge >= 0.3 is 18.3 Å². The number of alkyl halides is 3. The van der Waals surface area contributed by atoms with Crippen LogP contribution >= 0.6 is 0 Å². The van der Waals surface area contributed by atoms with Gasteiger partial charge in [0, 0.05) is 36.9 Å². The number of anilines is 2. The van der Waals surface area contributed by atoms with Crippen molar-refractivity contribution in [1.29, 1.82) is 0 Å². The number of rotatable bonds is 7. The quantitative estimate of drug-likeness (QED) is 0.232. The molecule has 218 valence electrons. The molecule has 4 rings (SSSR count). The largest absolute Gasteiger partial charge is 0.444 e. The first kappa shape index (κ1) is 30.1. The van der Waals surface area contributed by atoms with E-state index < -0.39 is 29.5 Å². The maximum absolute atomic E-state index is 13.2. The summed E-state index contributed by atoms with van der Waals surface area (Å²) in [5.41, 5.74) is 3.01. The minimum atomic E-state index is -4.46. The van der Waals surface area contributed by atoms with Crippen molar-refractivity contribution in [2.45, 2.75) is 45.6 Å². The molecule has 0 atom stereocenters. The Kier molecular flexibility index (Phi) is 9.15. The molecule has 0 saturated heterocycles. The van der Waals surface area contributed by atoms with Gasteiger partial charge in [0.05, 0.1) is 5.56 Å². The number of benzene rings is 3. The van der Waals surface area contributed by atoms with Crippen LogP contribution in [0.2, 0.25) is 0 Å². The van der Waals surface area contributed by atoms with Gasteiger partial charge in [-0.2, -0.15) is 13.2 Å². The molecule has 0 aliphatic heterocycles. The summed E-state index contributed by atoms with van der Waals surface area (Å²) in [6, 6.07) is 22.5. The highest BCUT2D eigenvalue weighted by Gasteiger charge is 2.30. The Labute approximate surface area is 242 Å². The summed E-state index contributed by atoms with van der Waals surface area (Å²) in [6.07, 6.45) is -1.70. The summed E-state index contributed by atoms with van der Waals surface area (Å²) >= 11 is 0. The van der Waals surface area contributed by atoms with Crippen molar-refractivity contribution in [3.05, 3.63) is 114 Å². The van der Waals surface area contributed by atoms with Gasteiger partial charge in [-0.3, -0.25) is 10.3 Å². The van der Waals surface area contributed by atoms with Crippen LogP contribution in [-0.4, -0.2) is 27.6 Å². The van der Waals surface area contributed by atoms with E-state index in [9.17, 15) is 22.8 Å². The van der Waals surface area contributed by atoms with E-state index in [1.165, 1.54) is 12.1 Å². The number of halogens is 3. The van der Waals surface area contributed by atoms with Gasteiger partial charge in [0.25, 0.3) is 0 Å². The summed E-state index contributed by atoms with van der Waals surface area (Å²) in [5, 5.41) is 5.40. The molecule has 0 fully saturated rings. The molecule has 42 heavy (non-hydrogen) atoms. The van der Waals surface area contributed by atoms with E-state index in [0.29, 0.717) is 5.69 Å². The number of amides is 3. The van der Waals surface area contributed by atoms with Crippen molar-refractivity contribution in [3.8, 4) is 11.1 Å². The first-order chi connectivity index (χ1) is 19.9. The molecule has 0 radical (unpaired) electrons. The molecular formula is C32H31F3N4O3. The lowest BCUT2D eigenvalue weighted by Gasteiger charge is -2.23. The second-order valence-electron chi connectivity index (χ2n) is 10.6. The number of hydrogen-bond acceptors (Lipinski definition) is 4. The zero-order valence-electron chi connectivity index (χ0n) is 23.4. The van der Waals surface area contributed by atoms with Gasteiger partial charge in [-0.25, -0.2) is 9.59 Å². The van der Waals surface area contributed by atoms with Crippen molar-refractivity contribution in [2.24, 2.45) is 0 Å². The lowest BCUT2D eigenvalue weighted by Crippen LogP contribution is -2.34. The highest BCUT2D eigenvalue weighted by atomic mass is 19.4. The fourth-order valence-electron chi connectivity index (χ4n) is 4.05. The minimum absolute atomic E-state index is 0.244. The van der Waals surface area contributed by atoms with Crippen LogP contribution in [0.4, 0.5) is 34.1 Å². The number of nitrogens with zero attached hydrogens (tertiary/aromatic N) is 2. The Morgan fingerprint density at radius 3 is 1.86 bits per heavy atom. The molecule has 3 amide bonds. The molecule has 0 aliphatic rings. The van der Waals surface area contributed by atoms with E-state index >= 15 is 0 Å². The molecule has 10 heteroatoms. The number of pyridine rings is 1. The molecule has 0 unspecified atom stereocenters. The van der Waals surface area contributed by atoms with Crippen LogP contribution in [0.15, 0.2) is 97.3 Å². The first-order valence-corrected chi connectivity index (χ1v) is 13.2. The van der Waals surface area contributed by atoms with Crippen molar-refractivity contribution in [3.63, 3.8) is 0 Å². The molecule has 3 aromatic carbocycles. The van der Waals surface area contributed by atoms with Crippen molar-refractivity contribution in [2.75, 3.05) is 10.6 Å². The van der Waals surface area contributed by atoms with Gasteiger partial charge in [-0.1, -0.05) is 42.5 Å². The number of carbonyl (C=O) groups excluding carboxylic acids is 2. The number of hydrogen-bond donors (Lipinski definition) is 2. The zero-order valence-corrected chi connectivity index (χ0v) is 23.4. The summed E-state index contributed by atoms with van der Waals surface area (Å²) in [4.78, 5) is 30.9. The zero-order chi connectivity index (χ0) is 30.3. The van der Waals surface area contributed by atoms with E-state index in [4.69, 9.17) is 4.74 Å². The van der Waals surface area contributed by atoms with Crippen molar-refractivity contribution >= 4 is 23.5 Å². The number of nitrogens with one attached hydrogen (secondary N) is 2. The van der Waals surface area contributed by atoms with Crippen molar-refractivity contribution in [1.82, 2.24) is 9.88 Å². The fourth-order valence-corrected chi connectivity index (χ4v) is 4.05. The lowest BCUT2D eigenvalue weighted by molar-refractivity contribution is -0.137. The number of carbonyl (C=O) groups is 2. The summed E-state index contributed by atoms with van der Waals surface area (Å²) in [7, 11) is 0. The average Bonchev–Trinajstić information content (AvgIpc) is 2.93. The summed E-state index contributed by atoms with van der Waals surface area (Å²) < 4.78 is 44.0. The Bertz CT molecular complexity index is 1480. The molecule has 1 aromatic heterocycles. The van der Waals surface area contributed by atoms with Crippen LogP contribution in [0.25, 0.3) is 11.1 Å². The molecule has 4 aromatic rings. The van der Waals surface area contributed by atoms with Crippen LogP contribution < -0.4 is 10.6 Å². The maximum Gasteiger partial charge on any atom is 0.416 e. The first-order valence-electron chi connectivity index (χ1n) is 13.2. The number of ether oxygens (including phenoxy) is 1. The van der Waals surface area contributed by atoms with Crippen LogP contribution in [0.1, 0.15) is 37.5 Å². The van der Waals surface area contributed by atoms with Gasteiger partial charge in [0.2, 0.25) is 0 Å². The van der Waals surface area contributed by atoms with E-state index in [1.807, 2.05) is 42.5 Å². The van der Waals surface area contributed by atoms with E-state index in [2.05, 4.69) is 15.6 Å². The second kappa shape index (κ2) is 12.8. The predicted octanol–water partition coefficient (Wildman–Crippen LogP) is 8.35. The predicted molar refractivity (Wildman–Crippen MR) is 156 cm³/mol. The normalized spacial score (nSPS) is 11.5. The third kappa shape index (κ3) is 8.82. The van der Waals surface area contributed by atoms with Crippen LogP contribution in [0.5, 0.6) is 0 Å². The van der Waals surface area contributed by atoms with E-state index in [-0.39, 0.29) is 18.8 Å². The molecule has 2 N–H and O–H groups in total. The Hall–Kier alpha value is -4.86. The summed E-state index contributed by atoms with van der Waals surface area (Å²) in [5.74, 6) is 0. The average molecular weight is 577 g/mol. The molecule has 0 aliphatic carbocycles. The Morgan fingerprint density at radius 1 is 0.762 bits per heavy atom. The van der Waals surface area contributed by atoms with Crippen LogP contribution in [-0.2, 0) is 24.0 Å². The lowest BCUT2D eigenvalue weighted by atomic mass is 10.0. The maximum atomic E-state index is 13.2. The molecule has 0 bridgehead atoms. The van der Waals surface area contributed by atoms with Gasteiger partial charge in [-0.05, 0) is 85.5 Å². The SMILES string of the molecule is CC(C)(C)OC(=O)Nc1ccc(-c2ccc(CN(Cc3cccnc3)C(=O)Nc3ccc(C(F)(F)F)cc3)cc2)cc1. The smallest absolute Gasteiger partial charge is 0.416 e. The van der Waals surface area contributed by atoms with Crippen molar-refractivity contribution < 1.29 is 27.5 Å². The third-order valence-electron chi connectivity index (χ3n) is 6.04. The van der Waals surface area contributed by atoms with E-state index in [1.54, 1.807) is 56.3 Å². The topological polar surface area (TPSA) is 83.6 Å². The van der Waals surface area contributed by atoms with Gasteiger partial charge in [0.1, 0.15) is 5.60 Å². The monoisotopic (exact) mass is 576 g/mol. The summed E-state index contributed by atoms with van der Waals surface area (Å²) in [6.45, 7) is 5.88. The van der Waals surface area contributed by atoms with E-state index in [0.717, 1.165) is 34.4 Å². The highest BCUT2D eigenvalue weighted by Crippen LogP contribution is 2.30. The second-order valence-corrected chi connectivity index (χ2v) is 10.6. The third-order valence-corrected chi connectivity index (χ3v) is 6.04. The molecule has 1 heterocycles. The Morgan fingerprint density at radius 2 is 1.31 bits per heavy atom. The highest BCUT2D eigenvalue weighted by molar-refractivity contribution is 5.89. The minimum Gasteiger partial charge on any atom is -0.444 e. The Balaban J connectivity index is 1.45. The number of urea groups is 1.